The lowest BCUT2D eigenvalue weighted by molar-refractivity contribution is -0.0884. The molecule has 6 atom stereocenters. The Labute approximate surface area is 213 Å². The molecule has 2 aliphatic heterocycles. The molecule has 0 bridgehead atoms. The minimum absolute atomic E-state index is 0.0479. The SMILES string of the molecule is C[C@@H]1[C@@H](COP2(=O)OCC[C@@H](c3cc(Br)ccc3F)O2)O[C@@H](n2ccc3c(=O)[nH]c(N)nc32)[C@]1(C)O. The van der Waals surface area contributed by atoms with Crippen molar-refractivity contribution in [2.75, 3.05) is 18.9 Å². The summed E-state index contributed by atoms with van der Waals surface area (Å²) in [5, 5.41) is 11.6. The first-order valence-corrected chi connectivity index (χ1v) is 13.5. The molecule has 0 aliphatic carbocycles. The third-order valence-corrected chi connectivity index (χ3v) is 8.69. The van der Waals surface area contributed by atoms with Gasteiger partial charge in [-0.3, -0.25) is 23.3 Å². The summed E-state index contributed by atoms with van der Waals surface area (Å²) in [6.07, 6.45) is -0.605. The van der Waals surface area contributed by atoms with E-state index in [9.17, 15) is 18.9 Å². The molecule has 1 unspecified atom stereocenters. The van der Waals surface area contributed by atoms with Crippen molar-refractivity contribution in [3.63, 3.8) is 0 Å². The maximum Gasteiger partial charge on any atom is 0.475 e. The number of aliphatic hydroxyl groups is 1. The van der Waals surface area contributed by atoms with Crippen molar-refractivity contribution in [2.24, 2.45) is 5.92 Å². The predicted octanol–water partition coefficient (Wildman–Crippen LogP) is 3.80. The number of hydrogen-bond donors (Lipinski definition) is 3. The van der Waals surface area contributed by atoms with Gasteiger partial charge in [0.25, 0.3) is 5.56 Å². The molecule has 2 aromatic heterocycles. The minimum atomic E-state index is -4.05. The van der Waals surface area contributed by atoms with Gasteiger partial charge in [0, 0.05) is 28.6 Å². The number of rotatable bonds is 5. The Balaban J connectivity index is 1.33. The number of benzene rings is 1. The first kappa shape index (κ1) is 25.5. The quantitative estimate of drug-likeness (QED) is 0.379. The van der Waals surface area contributed by atoms with E-state index in [1.54, 1.807) is 38.2 Å². The van der Waals surface area contributed by atoms with E-state index in [4.69, 9.17) is 24.0 Å². The number of ether oxygens (including phenoxy) is 1. The predicted molar refractivity (Wildman–Crippen MR) is 131 cm³/mol. The topological polar surface area (TPSA) is 151 Å². The Morgan fingerprint density at radius 2 is 2.22 bits per heavy atom. The molecule has 0 radical (unpaired) electrons. The zero-order chi connectivity index (χ0) is 25.8. The van der Waals surface area contributed by atoms with Crippen LogP contribution in [0, 0.1) is 11.7 Å². The van der Waals surface area contributed by atoms with Crippen LogP contribution in [0.1, 0.15) is 38.2 Å². The molecule has 4 N–H and O–H groups in total. The Hall–Kier alpha value is -2.12. The fraction of sp³-hybridized carbons (Fsp3) is 0.455. The van der Waals surface area contributed by atoms with Crippen LogP contribution in [-0.4, -0.2) is 44.6 Å². The normalized spacial score (nSPS) is 32.8. The van der Waals surface area contributed by atoms with E-state index in [0.717, 1.165) is 0 Å². The van der Waals surface area contributed by atoms with Crippen LogP contribution in [0.3, 0.4) is 0 Å². The highest BCUT2D eigenvalue weighted by Crippen LogP contribution is 2.58. The second kappa shape index (κ2) is 9.32. The summed E-state index contributed by atoms with van der Waals surface area (Å²) in [7, 11) is -4.05. The third kappa shape index (κ3) is 4.53. The van der Waals surface area contributed by atoms with Gasteiger partial charge in [-0.15, -0.1) is 0 Å². The second-order valence-electron chi connectivity index (χ2n) is 9.08. The molecule has 5 rings (SSSR count). The number of nitrogen functional groups attached to an aromatic ring is 1. The van der Waals surface area contributed by atoms with E-state index in [-0.39, 0.29) is 35.8 Å². The van der Waals surface area contributed by atoms with Gasteiger partial charge in [-0.2, -0.15) is 4.98 Å². The van der Waals surface area contributed by atoms with Gasteiger partial charge in [0.15, 0.2) is 11.9 Å². The summed E-state index contributed by atoms with van der Waals surface area (Å²) >= 11 is 3.30. The molecule has 0 amide bonds. The molecule has 2 aliphatic rings. The van der Waals surface area contributed by atoms with Gasteiger partial charge in [0.1, 0.15) is 11.4 Å². The van der Waals surface area contributed by atoms with Gasteiger partial charge < -0.3 is 20.1 Å². The number of aromatic amines is 1. The maximum atomic E-state index is 14.4. The zero-order valence-electron chi connectivity index (χ0n) is 19.4. The van der Waals surface area contributed by atoms with Crippen LogP contribution in [0.4, 0.5) is 10.3 Å². The van der Waals surface area contributed by atoms with Crippen molar-refractivity contribution in [3.8, 4) is 0 Å². The fourth-order valence-electron chi connectivity index (χ4n) is 4.52. The zero-order valence-corrected chi connectivity index (χ0v) is 21.9. The highest BCUT2D eigenvalue weighted by molar-refractivity contribution is 9.10. The first-order valence-electron chi connectivity index (χ1n) is 11.2. The van der Waals surface area contributed by atoms with Crippen LogP contribution in [0.2, 0.25) is 0 Å². The number of phosphoric acid groups is 1. The van der Waals surface area contributed by atoms with E-state index in [1.165, 1.54) is 10.6 Å². The summed E-state index contributed by atoms with van der Waals surface area (Å²) in [4.78, 5) is 18.8. The smallest absolute Gasteiger partial charge is 0.385 e. The Morgan fingerprint density at radius 3 is 3.00 bits per heavy atom. The lowest BCUT2D eigenvalue weighted by Crippen LogP contribution is -2.38. The molecular formula is C22H25BrFN4O7P. The van der Waals surface area contributed by atoms with Gasteiger partial charge in [-0.25, -0.2) is 8.96 Å². The van der Waals surface area contributed by atoms with Crippen LogP contribution in [0.25, 0.3) is 11.0 Å². The van der Waals surface area contributed by atoms with Gasteiger partial charge in [-0.1, -0.05) is 22.9 Å². The summed E-state index contributed by atoms with van der Waals surface area (Å²) in [6, 6.07) is 5.97. The molecule has 2 fully saturated rings. The van der Waals surface area contributed by atoms with Crippen LogP contribution in [0.15, 0.2) is 39.7 Å². The Kier molecular flexibility index (Phi) is 6.61. The summed E-state index contributed by atoms with van der Waals surface area (Å²) in [5.74, 6) is -1.05. The van der Waals surface area contributed by atoms with Gasteiger partial charge in [-0.05, 0) is 31.2 Å². The lowest BCUT2D eigenvalue weighted by atomic mass is 9.88. The minimum Gasteiger partial charge on any atom is -0.385 e. The third-order valence-electron chi connectivity index (χ3n) is 6.72. The number of nitrogens with two attached hydrogens (primary N) is 1. The molecule has 194 valence electrons. The van der Waals surface area contributed by atoms with Crippen molar-refractivity contribution < 1.29 is 32.4 Å². The molecule has 3 aromatic rings. The number of phosphoric ester groups is 1. The lowest BCUT2D eigenvalue weighted by Gasteiger charge is -2.30. The number of hydrogen-bond acceptors (Lipinski definition) is 9. The number of fused-ring (bicyclic) bond motifs is 1. The van der Waals surface area contributed by atoms with Crippen molar-refractivity contribution in [1.29, 1.82) is 0 Å². The average Bonchev–Trinajstić information content (AvgIpc) is 3.32. The van der Waals surface area contributed by atoms with E-state index < -0.39 is 49.2 Å². The van der Waals surface area contributed by atoms with E-state index in [0.29, 0.717) is 10.9 Å². The number of aromatic nitrogens is 3. The summed E-state index contributed by atoms with van der Waals surface area (Å²) < 4.78 is 52.3. The van der Waals surface area contributed by atoms with E-state index in [1.807, 2.05) is 0 Å². The van der Waals surface area contributed by atoms with Gasteiger partial charge in [0.2, 0.25) is 5.95 Å². The molecule has 11 nitrogen and oxygen atoms in total. The molecule has 4 heterocycles. The number of nitrogens with zero attached hydrogens (tertiary/aromatic N) is 2. The monoisotopic (exact) mass is 586 g/mol. The van der Waals surface area contributed by atoms with Crippen LogP contribution < -0.4 is 11.3 Å². The van der Waals surface area contributed by atoms with Crippen molar-refractivity contribution >= 4 is 40.7 Å². The number of anilines is 1. The number of H-pyrrole nitrogens is 1. The Bertz CT molecular complexity index is 1410. The first-order chi connectivity index (χ1) is 17.0. The van der Waals surface area contributed by atoms with Crippen LogP contribution >= 0.6 is 23.8 Å². The molecule has 0 saturated carbocycles. The highest BCUT2D eigenvalue weighted by Gasteiger charge is 2.52. The highest BCUT2D eigenvalue weighted by atomic mass is 79.9. The second-order valence-corrected chi connectivity index (χ2v) is 11.6. The average molecular weight is 587 g/mol. The molecule has 0 spiro atoms. The van der Waals surface area contributed by atoms with Crippen LogP contribution in [0.5, 0.6) is 0 Å². The van der Waals surface area contributed by atoms with Crippen LogP contribution in [-0.2, 0) is 22.9 Å². The van der Waals surface area contributed by atoms with Crippen molar-refractivity contribution in [2.45, 2.75) is 44.3 Å². The largest absolute Gasteiger partial charge is 0.475 e. The molecule has 36 heavy (non-hydrogen) atoms. The molecule has 14 heteroatoms. The summed E-state index contributed by atoms with van der Waals surface area (Å²) in [6.45, 7) is 3.17. The van der Waals surface area contributed by atoms with E-state index in [2.05, 4.69) is 25.9 Å². The number of halogens is 2. The van der Waals surface area contributed by atoms with Gasteiger partial charge in [0.05, 0.1) is 30.8 Å². The maximum absolute atomic E-state index is 14.4. The molecular weight excluding hydrogens is 562 g/mol. The Morgan fingerprint density at radius 1 is 1.44 bits per heavy atom. The number of nitrogens with one attached hydrogen (secondary N) is 1. The van der Waals surface area contributed by atoms with Gasteiger partial charge >= 0.3 is 7.82 Å². The standard InChI is InChI=1S/C22H25BrFN4O7P/c1-11-17(10-33-36(31)32-8-6-16(35-36)14-9-12(23)3-4-15(14)24)34-20(22(11,2)30)28-7-5-13-18(28)26-21(25)27-19(13)29/h3-5,7,9,11,16-17,20,30H,6,8,10H2,1-2H3,(H3,25,26,27,29)/t11-,16+,17-,20-,22-,36?/m1/s1. The fourth-order valence-corrected chi connectivity index (χ4v) is 6.28. The molecule has 1 aromatic carbocycles. The van der Waals surface area contributed by atoms with E-state index >= 15 is 0 Å². The van der Waals surface area contributed by atoms with Crippen molar-refractivity contribution in [1.82, 2.24) is 14.5 Å². The summed E-state index contributed by atoms with van der Waals surface area (Å²) in [5.41, 5.74) is 4.37. The molecule has 2 saturated heterocycles. The van der Waals surface area contributed by atoms with Crippen molar-refractivity contribution in [3.05, 3.63) is 56.7 Å².